The molecule has 0 aliphatic carbocycles. The number of carbonyl (C=O) groups excluding carboxylic acids is 2. The van der Waals surface area contributed by atoms with Crippen LogP contribution in [0, 0.1) is 11.5 Å². The molecule has 0 saturated carbocycles. The third-order valence-corrected chi connectivity index (χ3v) is 1.75. The van der Waals surface area contributed by atoms with Crippen molar-refractivity contribution in [2.45, 2.75) is 0 Å². The molecule has 80 valence electrons. The van der Waals surface area contributed by atoms with Crippen LogP contribution in [0.15, 0.2) is 12.2 Å². The summed E-state index contributed by atoms with van der Waals surface area (Å²) in [7, 11) is 0. The van der Waals surface area contributed by atoms with Gasteiger partial charge in [0.05, 0.1) is 19.8 Å². The van der Waals surface area contributed by atoms with Gasteiger partial charge in [-0.1, -0.05) is 0 Å². The first-order valence-electron chi connectivity index (χ1n) is 4.38. The van der Waals surface area contributed by atoms with Crippen LogP contribution in [-0.2, 0) is 19.1 Å². The molecule has 1 aliphatic rings. The molecule has 0 N–H and O–H groups in total. The van der Waals surface area contributed by atoms with Crippen LogP contribution in [-0.4, -0.2) is 43.1 Å². The summed E-state index contributed by atoms with van der Waals surface area (Å²) in [6.07, 6.45) is 3.95. The minimum Gasteiger partial charge on any atom is -0.425 e. The highest BCUT2D eigenvalue weighted by molar-refractivity contribution is 6.12. The van der Waals surface area contributed by atoms with E-state index in [4.69, 9.17) is 10.00 Å². The number of hydrogen-bond acceptors (Lipinski definition) is 5. The van der Waals surface area contributed by atoms with Crippen LogP contribution in [0.5, 0.6) is 0 Å². The molecule has 0 aromatic rings. The lowest BCUT2D eigenvalue weighted by Crippen LogP contribution is -2.33. The minimum absolute atomic E-state index is 0.177. The van der Waals surface area contributed by atoms with Crippen LogP contribution in [0.25, 0.3) is 0 Å². The Kier molecular flexibility index (Phi) is 4.31. The molecule has 0 bridgehead atoms. The predicted octanol–water partition coefficient (Wildman–Crippen LogP) is -0.574. The van der Waals surface area contributed by atoms with Crippen LogP contribution in [0.4, 0.5) is 0 Å². The highest BCUT2D eigenvalue weighted by atomic mass is 16.5. The van der Waals surface area contributed by atoms with Gasteiger partial charge in [0, 0.05) is 12.2 Å². The molecule has 0 aromatic carbocycles. The van der Waals surface area contributed by atoms with E-state index in [1.54, 1.807) is 0 Å². The SMILES string of the molecule is N#COCCOCCN1C(=O)C=CC1=O. The molecule has 0 unspecified atom stereocenters. The first-order chi connectivity index (χ1) is 7.25. The molecule has 0 saturated heterocycles. The Morgan fingerprint density at radius 3 is 2.47 bits per heavy atom. The molecular formula is C9H10N2O4. The van der Waals surface area contributed by atoms with Crippen LogP contribution in [0.2, 0.25) is 0 Å². The fourth-order valence-electron chi connectivity index (χ4n) is 1.06. The van der Waals surface area contributed by atoms with E-state index in [9.17, 15) is 9.59 Å². The van der Waals surface area contributed by atoms with Gasteiger partial charge in [-0.05, 0) is 0 Å². The largest absolute Gasteiger partial charge is 0.425 e. The van der Waals surface area contributed by atoms with Gasteiger partial charge in [-0.2, -0.15) is 5.26 Å². The summed E-state index contributed by atoms with van der Waals surface area (Å²) < 4.78 is 9.41. The number of imide groups is 1. The number of amides is 2. The van der Waals surface area contributed by atoms with Crippen LogP contribution >= 0.6 is 0 Å². The van der Waals surface area contributed by atoms with Gasteiger partial charge in [0.15, 0.2) is 0 Å². The van der Waals surface area contributed by atoms with Gasteiger partial charge in [0.25, 0.3) is 18.1 Å². The third-order valence-electron chi connectivity index (χ3n) is 1.75. The number of ether oxygens (including phenoxy) is 2. The number of nitriles is 1. The predicted molar refractivity (Wildman–Crippen MR) is 48.2 cm³/mol. The Hall–Kier alpha value is -1.87. The quantitative estimate of drug-likeness (QED) is 0.333. The number of carbonyl (C=O) groups is 2. The molecule has 0 aromatic heterocycles. The lowest BCUT2D eigenvalue weighted by atomic mass is 10.5. The van der Waals surface area contributed by atoms with Gasteiger partial charge in [0.2, 0.25) is 0 Å². The van der Waals surface area contributed by atoms with Crippen molar-refractivity contribution in [3.05, 3.63) is 12.2 Å². The second-order valence-corrected chi connectivity index (χ2v) is 2.71. The van der Waals surface area contributed by atoms with E-state index in [0.29, 0.717) is 0 Å². The van der Waals surface area contributed by atoms with Gasteiger partial charge >= 0.3 is 0 Å². The van der Waals surface area contributed by atoms with Gasteiger partial charge in [-0.25, -0.2) is 0 Å². The van der Waals surface area contributed by atoms with Crippen molar-refractivity contribution < 1.29 is 19.1 Å². The van der Waals surface area contributed by atoms with Crippen molar-refractivity contribution in [1.82, 2.24) is 4.90 Å². The summed E-state index contributed by atoms with van der Waals surface area (Å²) in [6, 6.07) is 0. The lowest BCUT2D eigenvalue weighted by molar-refractivity contribution is -0.137. The molecule has 1 rings (SSSR count). The van der Waals surface area contributed by atoms with E-state index in [1.165, 1.54) is 18.4 Å². The van der Waals surface area contributed by atoms with Gasteiger partial charge < -0.3 is 9.47 Å². The summed E-state index contributed by atoms with van der Waals surface area (Å²) in [6.45, 7) is 0.902. The zero-order valence-electron chi connectivity index (χ0n) is 8.01. The van der Waals surface area contributed by atoms with Crippen molar-refractivity contribution in [3.63, 3.8) is 0 Å². The topological polar surface area (TPSA) is 79.6 Å². The zero-order chi connectivity index (χ0) is 11.1. The molecule has 0 radical (unpaired) electrons. The summed E-state index contributed by atoms with van der Waals surface area (Å²) in [5.41, 5.74) is 0. The van der Waals surface area contributed by atoms with Gasteiger partial charge in [0.1, 0.15) is 6.61 Å². The molecule has 2 amide bonds. The van der Waals surface area contributed by atoms with E-state index in [1.807, 2.05) is 0 Å². The Morgan fingerprint density at radius 2 is 1.87 bits per heavy atom. The molecule has 0 atom stereocenters. The smallest absolute Gasteiger partial charge is 0.286 e. The summed E-state index contributed by atoms with van der Waals surface area (Å²) in [5, 5.41) is 8.03. The van der Waals surface area contributed by atoms with Crippen LogP contribution in [0.1, 0.15) is 0 Å². The first kappa shape index (κ1) is 11.2. The van der Waals surface area contributed by atoms with Crippen LogP contribution < -0.4 is 0 Å². The number of nitrogens with zero attached hydrogens (tertiary/aromatic N) is 2. The normalized spacial score (nSPS) is 14.5. The summed E-state index contributed by atoms with van der Waals surface area (Å²) >= 11 is 0. The monoisotopic (exact) mass is 210 g/mol. The van der Waals surface area contributed by atoms with E-state index >= 15 is 0 Å². The Bertz CT molecular complexity index is 301. The minimum atomic E-state index is -0.322. The van der Waals surface area contributed by atoms with Crippen molar-refractivity contribution in [2.75, 3.05) is 26.4 Å². The molecule has 0 spiro atoms. The lowest BCUT2D eigenvalue weighted by Gasteiger charge is -2.13. The Balaban J connectivity index is 2.08. The van der Waals surface area contributed by atoms with E-state index in [2.05, 4.69) is 4.74 Å². The van der Waals surface area contributed by atoms with Crippen molar-refractivity contribution in [2.24, 2.45) is 0 Å². The average Bonchev–Trinajstić information content (AvgIpc) is 2.54. The fourth-order valence-corrected chi connectivity index (χ4v) is 1.06. The van der Waals surface area contributed by atoms with Gasteiger partial charge in [-0.3, -0.25) is 14.5 Å². The van der Waals surface area contributed by atoms with E-state index < -0.39 is 0 Å². The maximum atomic E-state index is 11.0. The second-order valence-electron chi connectivity index (χ2n) is 2.71. The highest BCUT2D eigenvalue weighted by Gasteiger charge is 2.22. The third kappa shape index (κ3) is 3.40. The molecule has 1 heterocycles. The Morgan fingerprint density at radius 1 is 1.20 bits per heavy atom. The van der Waals surface area contributed by atoms with Crippen molar-refractivity contribution >= 4 is 11.8 Å². The second kappa shape index (κ2) is 5.78. The zero-order valence-corrected chi connectivity index (χ0v) is 8.01. The number of hydrogen-bond donors (Lipinski definition) is 0. The first-order valence-corrected chi connectivity index (χ1v) is 4.38. The summed E-state index contributed by atoms with van der Waals surface area (Å²) in [5.74, 6) is -0.645. The molecule has 0 fully saturated rings. The molecule has 15 heavy (non-hydrogen) atoms. The molecular weight excluding hydrogens is 200 g/mol. The Labute approximate surface area is 86.7 Å². The van der Waals surface area contributed by atoms with E-state index in [0.717, 1.165) is 4.90 Å². The average molecular weight is 210 g/mol. The number of rotatable bonds is 6. The maximum Gasteiger partial charge on any atom is 0.286 e. The maximum absolute atomic E-state index is 11.0. The van der Waals surface area contributed by atoms with Crippen molar-refractivity contribution in [1.29, 1.82) is 5.26 Å². The molecule has 6 nitrogen and oxygen atoms in total. The standard InChI is InChI=1S/C9H10N2O4/c10-7-15-6-5-14-4-3-11-8(12)1-2-9(11)13/h1-2H,3-6H2. The molecule has 6 heteroatoms. The van der Waals surface area contributed by atoms with Crippen LogP contribution in [0.3, 0.4) is 0 Å². The van der Waals surface area contributed by atoms with E-state index in [-0.39, 0.29) is 38.2 Å². The fraction of sp³-hybridized carbons (Fsp3) is 0.444. The van der Waals surface area contributed by atoms with Crippen molar-refractivity contribution in [3.8, 4) is 6.26 Å². The highest BCUT2D eigenvalue weighted by Crippen LogP contribution is 2.02. The molecule has 1 aliphatic heterocycles. The van der Waals surface area contributed by atoms with Gasteiger partial charge in [-0.15, -0.1) is 0 Å². The summed E-state index contributed by atoms with van der Waals surface area (Å²) in [4.78, 5) is 23.2.